The molecule has 0 aromatic heterocycles. The average Bonchev–Trinajstić information content (AvgIpc) is 3.02. The molecule has 0 saturated heterocycles. The van der Waals surface area contributed by atoms with Crippen molar-refractivity contribution in [2.24, 2.45) is 0 Å². The summed E-state index contributed by atoms with van der Waals surface area (Å²) < 4.78 is 32.2. The quantitative estimate of drug-likeness (QED) is 0.0272. The molecule has 10 nitrogen and oxygen atoms in total. The van der Waals surface area contributed by atoms with Gasteiger partial charge in [-0.25, -0.2) is 4.57 Å². The van der Waals surface area contributed by atoms with Crippen molar-refractivity contribution in [1.29, 1.82) is 0 Å². The summed E-state index contributed by atoms with van der Waals surface area (Å²) in [6.07, 6.45) is 25.4. The molecule has 0 aliphatic heterocycles. The van der Waals surface area contributed by atoms with Crippen LogP contribution in [0.5, 0.6) is 0 Å². The summed E-state index contributed by atoms with van der Waals surface area (Å²) in [5.41, 5.74) is 0. The molecule has 11 heteroatoms. The fourth-order valence-electron chi connectivity index (χ4n) is 4.63. The SMILES string of the molecule is CCCCCCCCC/C=C\CCCCCCCCCC(=O)OC(COC(=O)CCCCCC)COP(=O)(O)OCC(O)CO. The largest absolute Gasteiger partial charge is 0.472 e. The molecular formula is C34H65O10P. The molecule has 0 spiro atoms. The molecule has 266 valence electrons. The van der Waals surface area contributed by atoms with Crippen LogP contribution in [0.3, 0.4) is 0 Å². The number of aliphatic hydroxyl groups excluding tert-OH is 2. The zero-order valence-electron chi connectivity index (χ0n) is 28.3. The summed E-state index contributed by atoms with van der Waals surface area (Å²) in [6.45, 7) is 2.22. The first kappa shape index (κ1) is 43.7. The summed E-state index contributed by atoms with van der Waals surface area (Å²) in [7, 11) is -4.59. The number of allylic oxidation sites excluding steroid dienone is 2. The average molecular weight is 665 g/mol. The number of aliphatic hydroxyl groups is 2. The van der Waals surface area contributed by atoms with Crippen molar-refractivity contribution in [1.82, 2.24) is 0 Å². The van der Waals surface area contributed by atoms with E-state index in [2.05, 4.69) is 30.5 Å². The van der Waals surface area contributed by atoms with Crippen molar-refractivity contribution < 1.29 is 47.8 Å². The molecule has 3 N–H and O–H groups in total. The second-order valence-corrected chi connectivity index (χ2v) is 13.4. The minimum atomic E-state index is -4.59. The molecule has 0 bridgehead atoms. The lowest BCUT2D eigenvalue weighted by molar-refractivity contribution is -0.161. The number of rotatable bonds is 33. The van der Waals surface area contributed by atoms with Crippen LogP contribution >= 0.6 is 7.82 Å². The van der Waals surface area contributed by atoms with Gasteiger partial charge >= 0.3 is 19.8 Å². The van der Waals surface area contributed by atoms with E-state index in [4.69, 9.17) is 19.1 Å². The van der Waals surface area contributed by atoms with Gasteiger partial charge in [-0.15, -0.1) is 0 Å². The van der Waals surface area contributed by atoms with E-state index in [1.165, 1.54) is 70.6 Å². The highest BCUT2D eigenvalue weighted by Gasteiger charge is 2.27. The molecule has 0 saturated carbocycles. The number of carbonyl (C=O) groups excluding carboxylic acids is 2. The molecule has 0 aromatic rings. The van der Waals surface area contributed by atoms with E-state index in [1.807, 2.05) is 0 Å². The molecule has 3 atom stereocenters. The van der Waals surface area contributed by atoms with Crippen molar-refractivity contribution in [2.75, 3.05) is 26.4 Å². The third kappa shape index (κ3) is 31.1. The molecule has 0 fully saturated rings. The highest BCUT2D eigenvalue weighted by Crippen LogP contribution is 2.43. The topological polar surface area (TPSA) is 149 Å². The lowest BCUT2D eigenvalue weighted by atomic mass is 10.1. The monoisotopic (exact) mass is 664 g/mol. The van der Waals surface area contributed by atoms with Crippen molar-refractivity contribution in [3.63, 3.8) is 0 Å². The Morgan fingerprint density at radius 1 is 0.644 bits per heavy atom. The molecule has 0 radical (unpaired) electrons. The maximum absolute atomic E-state index is 12.4. The standard InChI is InChI=1S/C34H65O10P/c1-3-5-7-9-10-11-12-13-14-15-16-17-18-19-20-21-22-24-26-34(38)44-32(29-41-33(37)25-23-8-6-4-2)30-43-45(39,40)42-28-31(36)27-35/h14-15,31-32,35-36H,3-13,16-30H2,1-2H3,(H,39,40)/b15-14-. The maximum Gasteiger partial charge on any atom is 0.472 e. The Kier molecular flexibility index (Phi) is 30.4. The van der Waals surface area contributed by atoms with E-state index < -0.39 is 51.8 Å². The van der Waals surface area contributed by atoms with E-state index in [1.54, 1.807) is 0 Å². The van der Waals surface area contributed by atoms with E-state index in [0.29, 0.717) is 12.8 Å². The Hall–Kier alpha value is -1.29. The highest BCUT2D eigenvalue weighted by atomic mass is 31.2. The number of hydrogen-bond donors (Lipinski definition) is 3. The van der Waals surface area contributed by atoms with Crippen LogP contribution in [0.1, 0.15) is 155 Å². The Bertz CT molecular complexity index is 776. The third-order valence-electron chi connectivity index (χ3n) is 7.42. The van der Waals surface area contributed by atoms with Gasteiger partial charge < -0.3 is 24.6 Å². The summed E-state index contributed by atoms with van der Waals surface area (Å²) in [4.78, 5) is 34.3. The second-order valence-electron chi connectivity index (χ2n) is 11.9. The molecule has 0 aliphatic carbocycles. The van der Waals surface area contributed by atoms with Crippen molar-refractivity contribution >= 4 is 19.8 Å². The van der Waals surface area contributed by atoms with Gasteiger partial charge in [-0.2, -0.15) is 0 Å². The Labute approximate surface area is 273 Å². The van der Waals surface area contributed by atoms with Crippen LogP contribution in [-0.2, 0) is 32.7 Å². The fourth-order valence-corrected chi connectivity index (χ4v) is 5.42. The van der Waals surface area contributed by atoms with Crippen LogP contribution in [0.15, 0.2) is 12.2 Å². The maximum atomic E-state index is 12.4. The predicted molar refractivity (Wildman–Crippen MR) is 178 cm³/mol. The van der Waals surface area contributed by atoms with Crippen molar-refractivity contribution in [2.45, 2.75) is 167 Å². The van der Waals surface area contributed by atoms with Gasteiger partial charge in [-0.1, -0.05) is 116 Å². The van der Waals surface area contributed by atoms with Crippen LogP contribution in [0.4, 0.5) is 0 Å². The summed E-state index contributed by atoms with van der Waals surface area (Å²) in [5.74, 6) is -0.948. The van der Waals surface area contributed by atoms with Gasteiger partial charge in [0.1, 0.15) is 12.7 Å². The highest BCUT2D eigenvalue weighted by molar-refractivity contribution is 7.47. The Morgan fingerprint density at radius 3 is 1.62 bits per heavy atom. The van der Waals surface area contributed by atoms with Crippen LogP contribution in [0.2, 0.25) is 0 Å². The van der Waals surface area contributed by atoms with Gasteiger partial charge in [0.15, 0.2) is 6.10 Å². The Morgan fingerprint density at radius 2 is 1.09 bits per heavy atom. The molecule has 0 heterocycles. The lowest BCUT2D eigenvalue weighted by Crippen LogP contribution is -2.29. The van der Waals surface area contributed by atoms with Gasteiger partial charge in [0.05, 0.1) is 19.8 Å². The first-order chi connectivity index (χ1) is 21.7. The normalized spacial score (nSPS) is 14.3. The number of unbranched alkanes of at least 4 members (excludes halogenated alkanes) is 17. The summed E-state index contributed by atoms with van der Waals surface area (Å²) >= 11 is 0. The molecule has 3 unspecified atom stereocenters. The van der Waals surface area contributed by atoms with E-state index in [-0.39, 0.29) is 19.4 Å². The lowest BCUT2D eigenvalue weighted by Gasteiger charge is -2.20. The van der Waals surface area contributed by atoms with Gasteiger partial charge in [0, 0.05) is 12.8 Å². The first-order valence-electron chi connectivity index (χ1n) is 17.6. The molecular weight excluding hydrogens is 599 g/mol. The zero-order chi connectivity index (χ0) is 33.4. The molecule has 0 aromatic carbocycles. The Balaban J connectivity index is 4.19. The summed E-state index contributed by atoms with van der Waals surface area (Å²) in [6, 6.07) is 0. The second kappa shape index (κ2) is 31.3. The zero-order valence-corrected chi connectivity index (χ0v) is 29.2. The number of phosphoric acid groups is 1. The van der Waals surface area contributed by atoms with Crippen LogP contribution < -0.4 is 0 Å². The predicted octanol–water partition coefficient (Wildman–Crippen LogP) is 8.11. The molecule has 0 aliphatic rings. The van der Waals surface area contributed by atoms with Crippen LogP contribution in [-0.4, -0.2) is 65.7 Å². The third-order valence-corrected chi connectivity index (χ3v) is 8.37. The van der Waals surface area contributed by atoms with Gasteiger partial charge in [-0.05, 0) is 38.5 Å². The first-order valence-corrected chi connectivity index (χ1v) is 19.1. The molecule has 45 heavy (non-hydrogen) atoms. The van der Waals surface area contributed by atoms with E-state index in [0.717, 1.165) is 44.9 Å². The molecule has 0 amide bonds. The van der Waals surface area contributed by atoms with E-state index in [9.17, 15) is 24.2 Å². The number of phosphoric ester groups is 1. The van der Waals surface area contributed by atoms with Gasteiger partial charge in [0.2, 0.25) is 0 Å². The number of ether oxygens (including phenoxy) is 2. The summed E-state index contributed by atoms with van der Waals surface area (Å²) in [5, 5.41) is 18.2. The van der Waals surface area contributed by atoms with Crippen LogP contribution in [0, 0.1) is 0 Å². The minimum Gasteiger partial charge on any atom is -0.462 e. The van der Waals surface area contributed by atoms with Crippen LogP contribution in [0.25, 0.3) is 0 Å². The number of carbonyl (C=O) groups is 2. The van der Waals surface area contributed by atoms with Gasteiger partial charge in [-0.3, -0.25) is 18.6 Å². The van der Waals surface area contributed by atoms with Crippen molar-refractivity contribution in [3.8, 4) is 0 Å². The number of hydrogen-bond acceptors (Lipinski definition) is 9. The fraction of sp³-hybridized carbons (Fsp3) is 0.882. The van der Waals surface area contributed by atoms with Gasteiger partial charge in [0.25, 0.3) is 0 Å². The smallest absolute Gasteiger partial charge is 0.462 e. The minimum absolute atomic E-state index is 0.182. The van der Waals surface area contributed by atoms with E-state index >= 15 is 0 Å². The number of esters is 2. The molecule has 0 rings (SSSR count). The van der Waals surface area contributed by atoms with Crippen molar-refractivity contribution in [3.05, 3.63) is 12.2 Å².